The third-order valence-electron chi connectivity index (χ3n) is 2.75. The van der Waals surface area contributed by atoms with Crippen molar-refractivity contribution >= 4 is 34.8 Å². The first-order valence-electron chi connectivity index (χ1n) is 6.25. The van der Waals surface area contributed by atoms with E-state index in [1.165, 1.54) is 11.3 Å². The van der Waals surface area contributed by atoms with E-state index in [1.807, 2.05) is 18.4 Å². The molecule has 1 aromatic heterocycles. The van der Waals surface area contributed by atoms with E-state index in [-0.39, 0.29) is 12.5 Å². The number of aryl methyl sites for hydroxylation is 1. The fraction of sp³-hybridized carbons (Fsp3) is 0.538. The Morgan fingerprint density at radius 2 is 2.26 bits per heavy atom. The molecule has 2 N–H and O–H groups in total. The van der Waals surface area contributed by atoms with Gasteiger partial charge in [0.2, 0.25) is 5.91 Å². The molecule has 0 fully saturated rings. The summed E-state index contributed by atoms with van der Waals surface area (Å²) in [5.41, 5.74) is 0. The van der Waals surface area contributed by atoms with Gasteiger partial charge in [-0.2, -0.15) is 0 Å². The number of nitrogens with one attached hydrogen (secondary N) is 1. The molecule has 0 aliphatic rings. The van der Waals surface area contributed by atoms with Crippen LogP contribution in [0.1, 0.15) is 31.1 Å². The maximum absolute atomic E-state index is 11.6. The van der Waals surface area contributed by atoms with Crippen molar-refractivity contribution in [3.63, 3.8) is 0 Å². The molecular formula is C13H18ClNO3S. The van der Waals surface area contributed by atoms with Crippen LogP contribution >= 0.6 is 22.9 Å². The molecule has 0 saturated heterocycles. The summed E-state index contributed by atoms with van der Waals surface area (Å²) in [4.78, 5) is 23.6. The van der Waals surface area contributed by atoms with Crippen molar-refractivity contribution in [1.29, 1.82) is 0 Å². The molecule has 1 atom stereocenters. The van der Waals surface area contributed by atoms with Gasteiger partial charge in [-0.15, -0.1) is 11.3 Å². The second-order valence-electron chi connectivity index (χ2n) is 4.36. The number of carboxylic acid groups (broad SMARTS) is 1. The first-order valence-corrected chi connectivity index (χ1v) is 7.51. The maximum atomic E-state index is 11.6. The lowest BCUT2D eigenvalue weighted by Gasteiger charge is -2.12. The number of rotatable bonds is 8. The Bertz CT molecular complexity index is 433. The fourth-order valence-corrected chi connectivity index (χ4v) is 2.79. The van der Waals surface area contributed by atoms with Crippen LogP contribution in [0.25, 0.3) is 0 Å². The fourth-order valence-electron chi connectivity index (χ4n) is 1.71. The van der Waals surface area contributed by atoms with Crippen molar-refractivity contribution in [2.45, 2.75) is 32.6 Å². The van der Waals surface area contributed by atoms with E-state index in [4.69, 9.17) is 16.7 Å². The predicted molar refractivity (Wildman–Crippen MR) is 76.7 cm³/mol. The molecule has 19 heavy (non-hydrogen) atoms. The number of halogens is 1. The van der Waals surface area contributed by atoms with Gasteiger partial charge in [0.15, 0.2) is 0 Å². The molecule has 0 spiro atoms. The van der Waals surface area contributed by atoms with Crippen molar-refractivity contribution in [2.24, 2.45) is 5.92 Å². The lowest BCUT2D eigenvalue weighted by Crippen LogP contribution is -2.33. The molecule has 1 rings (SSSR count). The van der Waals surface area contributed by atoms with E-state index < -0.39 is 11.9 Å². The Morgan fingerprint density at radius 3 is 2.79 bits per heavy atom. The Morgan fingerprint density at radius 1 is 1.53 bits per heavy atom. The number of hydrogen-bond acceptors (Lipinski definition) is 3. The van der Waals surface area contributed by atoms with E-state index in [0.29, 0.717) is 24.3 Å². The Kier molecular flexibility index (Phi) is 6.87. The normalized spacial score (nSPS) is 12.1. The average molecular weight is 304 g/mol. The minimum absolute atomic E-state index is 0.119. The molecule has 1 unspecified atom stereocenters. The molecule has 0 aliphatic carbocycles. The summed E-state index contributed by atoms with van der Waals surface area (Å²) in [6.45, 7) is 2.13. The molecule has 1 heterocycles. The van der Waals surface area contributed by atoms with Crippen LogP contribution in [0.4, 0.5) is 0 Å². The van der Waals surface area contributed by atoms with Crippen molar-refractivity contribution in [3.8, 4) is 0 Å². The molecule has 0 radical (unpaired) electrons. The summed E-state index contributed by atoms with van der Waals surface area (Å²) in [6.07, 6.45) is 2.36. The van der Waals surface area contributed by atoms with Crippen LogP contribution in [0, 0.1) is 5.92 Å². The van der Waals surface area contributed by atoms with Crippen LogP contribution in [0.3, 0.4) is 0 Å². The minimum atomic E-state index is -0.854. The molecule has 0 aliphatic heterocycles. The highest BCUT2D eigenvalue weighted by Gasteiger charge is 2.17. The van der Waals surface area contributed by atoms with Crippen LogP contribution in [-0.4, -0.2) is 23.5 Å². The maximum Gasteiger partial charge on any atom is 0.308 e. The number of carbonyl (C=O) groups excluding carboxylic acids is 1. The van der Waals surface area contributed by atoms with Gasteiger partial charge in [-0.1, -0.05) is 24.9 Å². The molecule has 106 valence electrons. The molecule has 0 aromatic carbocycles. The molecule has 1 amide bonds. The molecular weight excluding hydrogens is 286 g/mol. The summed E-state index contributed by atoms with van der Waals surface area (Å²) in [6, 6.07) is 1.84. The van der Waals surface area contributed by atoms with Crippen molar-refractivity contribution < 1.29 is 14.7 Å². The van der Waals surface area contributed by atoms with Gasteiger partial charge in [0.1, 0.15) is 0 Å². The van der Waals surface area contributed by atoms with Crippen molar-refractivity contribution in [1.82, 2.24) is 5.32 Å². The zero-order chi connectivity index (χ0) is 14.3. The highest BCUT2D eigenvalue weighted by molar-refractivity contribution is 7.10. The first-order chi connectivity index (χ1) is 9.02. The zero-order valence-corrected chi connectivity index (χ0v) is 12.4. The first kappa shape index (κ1) is 16.0. The summed E-state index contributed by atoms with van der Waals surface area (Å²) in [5.74, 6) is -1.47. The quantitative estimate of drug-likeness (QED) is 0.776. The zero-order valence-electron chi connectivity index (χ0n) is 10.8. The summed E-state index contributed by atoms with van der Waals surface area (Å²) >= 11 is 7.32. The van der Waals surface area contributed by atoms with Gasteiger partial charge in [-0.05, 0) is 18.9 Å². The van der Waals surface area contributed by atoms with E-state index in [2.05, 4.69) is 5.32 Å². The second kappa shape index (κ2) is 8.17. The van der Waals surface area contributed by atoms with Gasteiger partial charge in [-0.25, -0.2) is 0 Å². The van der Waals surface area contributed by atoms with E-state index >= 15 is 0 Å². The molecule has 4 nitrogen and oxygen atoms in total. The molecule has 0 bridgehead atoms. The van der Waals surface area contributed by atoms with E-state index in [0.717, 1.165) is 11.3 Å². The topological polar surface area (TPSA) is 66.4 Å². The summed E-state index contributed by atoms with van der Waals surface area (Å²) in [7, 11) is 0. The number of carbonyl (C=O) groups is 2. The number of thiophene rings is 1. The lowest BCUT2D eigenvalue weighted by atomic mass is 10.0. The standard InChI is InChI=1S/C13H18ClNO3S/c1-2-3-9(13(17)18)7-15-12(16)5-4-11-6-10(14)8-19-11/h6,8-9H,2-5,7H2,1H3,(H,15,16)(H,17,18). The van der Waals surface area contributed by atoms with E-state index in [9.17, 15) is 9.59 Å². The van der Waals surface area contributed by atoms with Gasteiger partial charge in [0.05, 0.1) is 10.9 Å². The van der Waals surface area contributed by atoms with Gasteiger partial charge in [0.25, 0.3) is 0 Å². The van der Waals surface area contributed by atoms with Crippen LogP contribution in [0.15, 0.2) is 11.4 Å². The van der Waals surface area contributed by atoms with Gasteiger partial charge >= 0.3 is 5.97 Å². The minimum Gasteiger partial charge on any atom is -0.481 e. The van der Waals surface area contributed by atoms with Crippen molar-refractivity contribution in [3.05, 3.63) is 21.3 Å². The van der Waals surface area contributed by atoms with Crippen molar-refractivity contribution in [2.75, 3.05) is 6.54 Å². The third kappa shape index (κ3) is 6.07. The Labute approximate surface area is 121 Å². The predicted octanol–water partition coefficient (Wildman–Crippen LogP) is 2.95. The van der Waals surface area contributed by atoms with Crippen LogP contribution in [-0.2, 0) is 16.0 Å². The molecule has 1 aromatic rings. The summed E-state index contributed by atoms with van der Waals surface area (Å²) < 4.78 is 0. The monoisotopic (exact) mass is 303 g/mol. The highest BCUT2D eigenvalue weighted by atomic mass is 35.5. The third-order valence-corrected chi connectivity index (χ3v) is 4.10. The average Bonchev–Trinajstić information content (AvgIpc) is 2.77. The van der Waals surface area contributed by atoms with Gasteiger partial charge in [0, 0.05) is 23.2 Å². The summed E-state index contributed by atoms with van der Waals surface area (Å²) in [5, 5.41) is 14.2. The van der Waals surface area contributed by atoms with Crippen LogP contribution < -0.4 is 5.32 Å². The van der Waals surface area contributed by atoms with Crippen LogP contribution in [0.2, 0.25) is 5.02 Å². The Hall–Kier alpha value is -1.07. The molecule has 0 saturated carbocycles. The number of hydrogen-bond donors (Lipinski definition) is 2. The number of carboxylic acids is 1. The SMILES string of the molecule is CCCC(CNC(=O)CCc1cc(Cl)cs1)C(=O)O. The van der Waals surface area contributed by atoms with Gasteiger partial charge in [-0.3, -0.25) is 9.59 Å². The second-order valence-corrected chi connectivity index (χ2v) is 5.79. The number of amides is 1. The largest absolute Gasteiger partial charge is 0.481 e. The Balaban J connectivity index is 2.28. The van der Waals surface area contributed by atoms with Crippen LogP contribution in [0.5, 0.6) is 0 Å². The molecule has 6 heteroatoms. The highest BCUT2D eigenvalue weighted by Crippen LogP contribution is 2.20. The lowest BCUT2D eigenvalue weighted by molar-refractivity contribution is -0.141. The smallest absolute Gasteiger partial charge is 0.308 e. The van der Waals surface area contributed by atoms with Gasteiger partial charge < -0.3 is 10.4 Å². The number of aliphatic carboxylic acids is 1. The van der Waals surface area contributed by atoms with E-state index in [1.54, 1.807) is 0 Å².